The average molecular weight is 267 g/mol. The molecule has 2 N–H and O–H groups in total. The van der Waals surface area contributed by atoms with E-state index in [1.165, 1.54) is 31.2 Å². The molecule has 1 aromatic carbocycles. The predicted molar refractivity (Wildman–Crippen MR) is 77.9 cm³/mol. The van der Waals surface area contributed by atoms with Gasteiger partial charge in [0.15, 0.2) is 0 Å². The van der Waals surface area contributed by atoms with Crippen molar-refractivity contribution in [2.45, 2.75) is 44.7 Å². The molecule has 1 fully saturated rings. The standard InChI is InChI=1S/C15H23ClN2/c1-2-3-10-18(14-8-9-14)15(11-17)12-4-6-13(16)7-5-12/h4-7,14-15H,2-3,8-11,17H2,1H3. The van der Waals surface area contributed by atoms with Gasteiger partial charge in [0.1, 0.15) is 0 Å². The monoisotopic (exact) mass is 266 g/mol. The Morgan fingerprint density at radius 2 is 2.00 bits per heavy atom. The quantitative estimate of drug-likeness (QED) is 0.817. The lowest BCUT2D eigenvalue weighted by atomic mass is 10.0. The highest BCUT2D eigenvalue weighted by molar-refractivity contribution is 6.30. The minimum atomic E-state index is 0.348. The van der Waals surface area contributed by atoms with Crippen LogP contribution in [0.4, 0.5) is 0 Å². The first-order valence-corrected chi connectivity index (χ1v) is 7.35. The molecule has 0 bridgehead atoms. The van der Waals surface area contributed by atoms with E-state index in [0.29, 0.717) is 12.6 Å². The fraction of sp³-hybridized carbons (Fsp3) is 0.600. The van der Waals surface area contributed by atoms with Gasteiger partial charge < -0.3 is 5.73 Å². The minimum Gasteiger partial charge on any atom is -0.329 e. The molecule has 2 rings (SSSR count). The average Bonchev–Trinajstić information content (AvgIpc) is 3.20. The third kappa shape index (κ3) is 3.47. The summed E-state index contributed by atoms with van der Waals surface area (Å²) in [6, 6.07) is 9.25. The summed E-state index contributed by atoms with van der Waals surface area (Å²) in [7, 11) is 0. The van der Waals surface area contributed by atoms with Gasteiger partial charge >= 0.3 is 0 Å². The highest BCUT2D eigenvalue weighted by atomic mass is 35.5. The van der Waals surface area contributed by atoms with Crippen molar-refractivity contribution in [3.05, 3.63) is 34.9 Å². The maximum atomic E-state index is 6.01. The number of halogens is 1. The Morgan fingerprint density at radius 3 is 2.50 bits per heavy atom. The number of rotatable bonds is 7. The normalized spacial score (nSPS) is 17.1. The van der Waals surface area contributed by atoms with Gasteiger partial charge in [-0.25, -0.2) is 0 Å². The fourth-order valence-electron chi connectivity index (χ4n) is 2.49. The fourth-order valence-corrected chi connectivity index (χ4v) is 2.61. The summed E-state index contributed by atoms with van der Waals surface area (Å²) in [4.78, 5) is 2.59. The maximum Gasteiger partial charge on any atom is 0.0473 e. The molecule has 0 spiro atoms. The maximum absolute atomic E-state index is 6.01. The summed E-state index contributed by atoms with van der Waals surface area (Å²) in [5, 5.41) is 0.793. The van der Waals surface area contributed by atoms with E-state index in [2.05, 4.69) is 24.0 Å². The van der Waals surface area contributed by atoms with Crippen LogP contribution in [0.5, 0.6) is 0 Å². The largest absolute Gasteiger partial charge is 0.329 e. The van der Waals surface area contributed by atoms with Gasteiger partial charge in [-0.3, -0.25) is 4.90 Å². The molecule has 0 saturated heterocycles. The number of benzene rings is 1. The molecule has 0 aliphatic heterocycles. The molecule has 1 aromatic rings. The van der Waals surface area contributed by atoms with Crippen LogP contribution in [0.25, 0.3) is 0 Å². The van der Waals surface area contributed by atoms with Gasteiger partial charge in [0.05, 0.1) is 0 Å². The Balaban J connectivity index is 2.11. The van der Waals surface area contributed by atoms with Crippen molar-refractivity contribution in [1.82, 2.24) is 4.90 Å². The van der Waals surface area contributed by atoms with Gasteiger partial charge in [0.25, 0.3) is 0 Å². The summed E-state index contributed by atoms with van der Waals surface area (Å²) in [5.74, 6) is 0. The Morgan fingerprint density at radius 1 is 1.33 bits per heavy atom. The van der Waals surface area contributed by atoms with Crippen LogP contribution in [0.1, 0.15) is 44.2 Å². The Bertz CT molecular complexity index is 359. The van der Waals surface area contributed by atoms with Crippen LogP contribution >= 0.6 is 11.6 Å². The zero-order chi connectivity index (χ0) is 13.0. The third-order valence-electron chi connectivity index (χ3n) is 3.66. The molecule has 1 atom stereocenters. The molecular formula is C15H23ClN2. The van der Waals surface area contributed by atoms with Crippen LogP contribution in [0.15, 0.2) is 24.3 Å². The lowest BCUT2D eigenvalue weighted by Crippen LogP contribution is -2.36. The lowest BCUT2D eigenvalue weighted by Gasteiger charge is -2.31. The summed E-state index contributed by atoms with van der Waals surface area (Å²) in [5.41, 5.74) is 7.30. The molecule has 1 unspecified atom stereocenters. The van der Waals surface area contributed by atoms with Crippen molar-refractivity contribution < 1.29 is 0 Å². The van der Waals surface area contributed by atoms with E-state index in [0.717, 1.165) is 17.6 Å². The molecule has 100 valence electrons. The molecule has 0 heterocycles. The SMILES string of the molecule is CCCCN(C1CC1)C(CN)c1ccc(Cl)cc1. The molecule has 1 saturated carbocycles. The second kappa shape index (κ2) is 6.55. The van der Waals surface area contributed by atoms with Crippen LogP contribution in [-0.4, -0.2) is 24.0 Å². The molecule has 0 amide bonds. The number of unbranched alkanes of at least 4 members (excludes halogenated alkanes) is 1. The number of hydrogen-bond acceptors (Lipinski definition) is 2. The first kappa shape index (κ1) is 13.9. The smallest absolute Gasteiger partial charge is 0.0473 e. The number of hydrogen-bond donors (Lipinski definition) is 1. The highest BCUT2D eigenvalue weighted by Crippen LogP contribution is 2.34. The van der Waals surface area contributed by atoms with Gasteiger partial charge in [0.2, 0.25) is 0 Å². The predicted octanol–water partition coefficient (Wildman–Crippen LogP) is 3.60. The van der Waals surface area contributed by atoms with Gasteiger partial charge in [0, 0.05) is 23.7 Å². The Labute approximate surface area is 115 Å². The first-order chi connectivity index (χ1) is 8.76. The first-order valence-electron chi connectivity index (χ1n) is 6.97. The van der Waals surface area contributed by atoms with E-state index in [1.54, 1.807) is 0 Å². The second-order valence-electron chi connectivity index (χ2n) is 5.13. The number of nitrogens with two attached hydrogens (primary N) is 1. The highest BCUT2D eigenvalue weighted by Gasteiger charge is 2.33. The summed E-state index contributed by atoms with van der Waals surface area (Å²) < 4.78 is 0. The van der Waals surface area contributed by atoms with Crippen molar-refractivity contribution in [3.8, 4) is 0 Å². The van der Waals surface area contributed by atoms with E-state index in [4.69, 9.17) is 17.3 Å². The van der Waals surface area contributed by atoms with Crippen LogP contribution in [0.3, 0.4) is 0 Å². The van der Waals surface area contributed by atoms with Gasteiger partial charge in [-0.15, -0.1) is 0 Å². The Kier molecular flexibility index (Phi) is 5.04. The van der Waals surface area contributed by atoms with E-state index < -0.39 is 0 Å². The van der Waals surface area contributed by atoms with Crippen molar-refractivity contribution in [2.24, 2.45) is 5.73 Å². The molecule has 18 heavy (non-hydrogen) atoms. The van der Waals surface area contributed by atoms with Crippen molar-refractivity contribution in [2.75, 3.05) is 13.1 Å². The van der Waals surface area contributed by atoms with Gasteiger partial charge in [-0.05, 0) is 43.5 Å². The van der Waals surface area contributed by atoms with E-state index in [9.17, 15) is 0 Å². The molecule has 1 aliphatic carbocycles. The summed E-state index contributed by atoms with van der Waals surface area (Å²) >= 11 is 5.95. The van der Waals surface area contributed by atoms with E-state index in [1.807, 2.05) is 12.1 Å². The third-order valence-corrected chi connectivity index (χ3v) is 3.92. The zero-order valence-corrected chi connectivity index (χ0v) is 11.9. The molecular weight excluding hydrogens is 244 g/mol. The second-order valence-corrected chi connectivity index (χ2v) is 5.56. The van der Waals surface area contributed by atoms with E-state index in [-0.39, 0.29) is 0 Å². The van der Waals surface area contributed by atoms with Gasteiger partial charge in [-0.1, -0.05) is 37.1 Å². The molecule has 2 nitrogen and oxygen atoms in total. The summed E-state index contributed by atoms with van der Waals surface area (Å²) in [6.07, 6.45) is 5.14. The van der Waals surface area contributed by atoms with Crippen LogP contribution in [0.2, 0.25) is 5.02 Å². The number of nitrogens with zero attached hydrogens (tertiary/aromatic N) is 1. The topological polar surface area (TPSA) is 29.3 Å². The van der Waals surface area contributed by atoms with Crippen molar-refractivity contribution >= 4 is 11.6 Å². The summed E-state index contributed by atoms with van der Waals surface area (Å²) in [6.45, 7) is 4.08. The van der Waals surface area contributed by atoms with Gasteiger partial charge in [-0.2, -0.15) is 0 Å². The minimum absolute atomic E-state index is 0.348. The van der Waals surface area contributed by atoms with Crippen molar-refractivity contribution in [3.63, 3.8) is 0 Å². The molecule has 0 radical (unpaired) electrons. The lowest BCUT2D eigenvalue weighted by molar-refractivity contribution is 0.188. The molecule has 3 heteroatoms. The Hall–Kier alpha value is -0.570. The van der Waals surface area contributed by atoms with Crippen LogP contribution in [0, 0.1) is 0 Å². The molecule has 1 aliphatic rings. The van der Waals surface area contributed by atoms with Crippen molar-refractivity contribution in [1.29, 1.82) is 0 Å². The van der Waals surface area contributed by atoms with Crippen LogP contribution < -0.4 is 5.73 Å². The zero-order valence-electron chi connectivity index (χ0n) is 11.1. The molecule has 0 aromatic heterocycles. The van der Waals surface area contributed by atoms with E-state index >= 15 is 0 Å². The van der Waals surface area contributed by atoms with Crippen LogP contribution in [-0.2, 0) is 0 Å².